The van der Waals surface area contributed by atoms with Gasteiger partial charge in [-0.3, -0.25) is 0 Å². The van der Waals surface area contributed by atoms with Crippen LogP contribution in [-0.2, 0) is 11.3 Å². The summed E-state index contributed by atoms with van der Waals surface area (Å²) in [5, 5.41) is 8.95. The van der Waals surface area contributed by atoms with Crippen molar-refractivity contribution in [1.29, 1.82) is 0 Å². The lowest BCUT2D eigenvalue weighted by Gasteiger charge is -2.06. The zero-order chi connectivity index (χ0) is 11.8. The van der Waals surface area contributed by atoms with E-state index in [1.54, 1.807) is 18.2 Å². The average Bonchev–Trinajstić information content (AvgIpc) is 2.29. The second kappa shape index (κ2) is 7.01. The molecule has 0 aromatic heterocycles. The number of hydrogen-bond donors (Lipinski definition) is 1. The van der Waals surface area contributed by atoms with Crippen molar-refractivity contribution in [2.24, 2.45) is 0 Å². The number of hydrogen-bond acceptors (Lipinski definition) is 2. The van der Waals surface area contributed by atoms with Crippen LogP contribution in [0.15, 0.2) is 24.3 Å². The van der Waals surface area contributed by atoms with Gasteiger partial charge >= 0.3 is 5.97 Å². The Morgan fingerprint density at radius 1 is 1.31 bits per heavy atom. The monoisotopic (exact) mass is 222 g/mol. The molecule has 0 spiro atoms. The normalized spacial score (nSPS) is 10.3. The van der Waals surface area contributed by atoms with Crippen molar-refractivity contribution in [2.45, 2.75) is 32.8 Å². The van der Waals surface area contributed by atoms with Gasteiger partial charge in [-0.05, 0) is 18.1 Å². The molecule has 16 heavy (non-hydrogen) atoms. The third kappa shape index (κ3) is 4.03. The first kappa shape index (κ1) is 12.7. The fourth-order valence-corrected chi connectivity index (χ4v) is 1.49. The Hall–Kier alpha value is -1.35. The highest BCUT2D eigenvalue weighted by Gasteiger charge is 2.08. The molecule has 0 saturated heterocycles. The summed E-state index contributed by atoms with van der Waals surface area (Å²) in [5.74, 6) is -0.896. The van der Waals surface area contributed by atoms with Gasteiger partial charge in [-0.15, -0.1) is 0 Å². The van der Waals surface area contributed by atoms with Gasteiger partial charge in [0.25, 0.3) is 0 Å². The topological polar surface area (TPSA) is 46.5 Å². The summed E-state index contributed by atoms with van der Waals surface area (Å²) in [7, 11) is 0. The van der Waals surface area contributed by atoms with Crippen LogP contribution in [-0.4, -0.2) is 17.7 Å². The number of carbonyl (C=O) groups is 1. The molecule has 0 heterocycles. The highest BCUT2D eigenvalue weighted by molar-refractivity contribution is 5.89. The maximum Gasteiger partial charge on any atom is 0.336 e. The molecule has 0 bridgehead atoms. The Morgan fingerprint density at radius 3 is 2.75 bits per heavy atom. The zero-order valence-corrected chi connectivity index (χ0v) is 9.61. The number of carboxylic acid groups (broad SMARTS) is 1. The molecule has 0 unspecified atom stereocenters. The molecule has 1 aromatic carbocycles. The molecule has 0 radical (unpaired) electrons. The number of carboxylic acids is 1. The molecule has 0 amide bonds. The van der Waals surface area contributed by atoms with Gasteiger partial charge in [-0.1, -0.05) is 38.0 Å². The number of rotatable bonds is 7. The molecule has 1 N–H and O–H groups in total. The van der Waals surface area contributed by atoms with Crippen molar-refractivity contribution in [3.8, 4) is 0 Å². The molecule has 88 valence electrons. The summed E-state index contributed by atoms with van der Waals surface area (Å²) in [6, 6.07) is 6.96. The summed E-state index contributed by atoms with van der Waals surface area (Å²) in [5.41, 5.74) is 1.07. The van der Waals surface area contributed by atoms with Crippen LogP contribution in [0.3, 0.4) is 0 Å². The molecule has 0 fully saturated rings. The predicted octanol–water partition coefficient (Wildman–Crippen LogP) is 3.09. The lowest BCUT2D eigenvalue weighted by atomic mass is 10.1. The first-order chi connectivity index (χ1) is 7.75. The average molecular weight is 222 g/mol. The van der Waals surface area contributed by atoms with E-state index in [0.29, 0.717) is 18.8 Å². The van der Waals surface area contributed by atoms with E-state index in [1.807, 2.05) is 6.07 Å². The molecule has 0 saturated carbocycles. The van der Waals surface area contributed by atoms with E-state index in [1.165, 1.54) is 0 Å². The van der Waals surface area contributed by atoms with E-state index in [-0.39, 0.29) is 0 Å². The highest BCUT2D eigenvalue weighted by Crippen LogP contribution is 2.10. The summed E-state index contributed by atoms with van der Waals surface area (Å²) in [4.78, 5) is 10.9. The lowest BCUT2D eigenvalue weighted by Crippen LogP contribution is -2.04. The van der Waals surface area contributed by atoms with Crippen LogP contribution < -0.4 is 0 Å². The third-order valence-corrected chi connectivity index (χ3v) is 2.40. The third-order valence-electron chi connectivity index (χ3n) is 2.40. The zero-order valence-electron chi connectivity index (χ0n) is 9.61. The molecular formula is C13H18O3. The van der Waals surface area contributed by atoms with E-state index in [9.17, 15) is 4.79 Å². The van der Waals surface area contributed by atoms with Crippen molar-refractivity contribution < 1.29 is 14.6 Å². The molecule has 0 aliphatic rings. The molecule has 3 nitrogen and oxygen atoms in total. The van der Waals surface area contributed by atoms with Gasteiger partial charge in [-0.2, -0.15) is 0 Å². The van der Waals surface area contributed by atoms with Gasteiger partial charge in [0.15, 0.2) is 0 Å². The first-order valence-corrected chi connectivity index (χ1v) is 5.64. The smallest absolute Gasteiger partial charge is 0.336 e. The van der Waals surface area contributed by atoms with E-state index in [0.717, 1.165) is 24.8 Å². The number of ether oxygens (including phenoxy) is 1. The van der Waals surface area contributed by atoms with E-state index in [2.05, 4.69) is 6.92 Å². The fourth-order valence-electron chi connectivity index (χ4n) is 1.49. The standard InChI is InChI=1S/C13H18O3/c1-2-3-6-9-16-10-11-7-4-5-8-12(11)13(14)15/h4-5,7-8H,2-3,6,9-10H2,1H3,(H,14,15). The maximum absolute atomic E-state index is 10.9. The SMILES string of the molecule is CCCCCOCc1ccccc1C(=O)O. The van der Waals surface area contributed by atoms with Gasteiger partial charge in [0.2, 0.25) is 0 Å². The highest BCUT2D eigenvalue weighted by atomic mass is 16.5. The van der Waals surface area contributed by atoms with Crippen LogP contribution in [0.4, 0.5) is 0 Å². The van der Waals surface area contributed by atoms with Crippen molar-refractivity contribution in [1.82, 2.24) is 0 Å². The Bertz CT molecular complexity index is 334. The minimum Gasteiger partial charge on any atom is -0.478 e. The van der Waals surface area contributed by atoms with Crippen molar-refractivity contribution in [2.75, 3.05) is 6.61 Å². The largest absolute Gasteiger partial charge is 0.478 e. The Balaban J connectivity index is 2.44. The van der Waals surface area contributed by atoms with Gasteiger partial charge in [0, 0.05) is 6.61 Å². The Kier molecular flexibility index (Phi) is 5.57. The minimum absolute atomic E-state index is 0.331. The van der Waals surface area contributed by atoms with Crippen LogP contribution in [0.1, 0.15) is 42.1 Å². The predicted molar refractivity (Wildman–Crippen MR) is 62.6 cm³/mol. The van der Waals surface area contributed by atoms with Crippen LogP contribution in [0.2, 0.25) is 0 Å². The van der Waals surface area contributed by atoms with Crippen molar-refractivity contribution in [3.63, 3.8) is 0 Å². The summed E-state index contributed by atoms with van der Waals surface area (Å²) in [6.07, 6.45) is 3.35. The van der Waals surface area contributed by atoms with Crippen LogP contribution in [0.25, 0.3) is 0 Å². The lowest BCUT2D eigenvalue weighted by molar-refractivity contribution is 0.0686. The van der Waals surface area contributed by atoms with Crippen LogP contribution >= 0.6 is 0 Å². The van der Waals surface area contributed by atoms with E-state index >= 15 is 0 Å². The summed E-state index contributed by atoms with van der Waals surface area (Å²) >= 11 is 0. The van der Waals surface area contributed by atoms with E-state index < -0.39 is 5.97 Å². The second-order valence-corrected chi connectivity index (χ2v) is 3.72. The fraction of sp³-hybridized carbons (Fsp3) is 0.462. The van der Waals surface area contributed by atoms with Gasteiger partial charge in [0.05, 0.1) is 12.2 Å². The molecular weight excluding hydrogens is 204 g/mol. The van der Waals surface area contributed by atoms with Gasteiger partial charge in [-0.25, -0.2) is 4.79 Å². The number of benzene rings is 1. The van der Waals surface area contributed by atoms with Gasteiger partial charge < -0.3 is 9.84 Å². The molecule has 0 aliphatic carbocycles. The summed E-state index contributed by atoms with van der Waals surface area (Å²) < 4.78 is 5.45. The molecule has 0 aliphatic heterocycles. The second-order valence-electron chi connectivity index (χ2n) is 3.72. The quantitative estimate of drug-likeness (QED) is 0.721. The van der Waals surface area contributed by atoms with Crippen LogP contribution in [0, 0.1) is 0 Å². The Labute approximate surface area is 96.1 Å². The first-order valence-electron chi connectivity index (χ1n) is 5.64. The minimum atomic E-state index is -0.896. The van der Waals surface area contributed by atoms with Crippen molar-refractivity contribution in [3.05, 3.63) is 35.4 Å². The molecule has 0 atom stereocenters. The van der Waals surface area contributed by atoms with E-state index in [4.69, 9.17) is 9.84 Å². The molecule has 3 heteroatoms. The van der Waals surface area contributed by atoms with Crippen molar-refractivity contribution >= 4 is 5.97 Å². The Morgan fingerprint density at radius 2 is 2.06 bits per heavy atom. The van der Waals surface area contributed by atoms with Crippen LogP contribution in [0.5, 0.6) is 0 Å². The molecule has 1 rings (SSSR count). The number of aromatic carboxylic acids is 1. The van der Waals surface area contributed by atoms with Gasteiger partial charge in [0.1, 0.15) is 0 Å². The molecule has 1 aromatic rings. The number of unbranched alkanes of at least 4 members (excludes halogenated alkanes) is 2. The maximum atomic E-state index is 10.9. The summed E-state index contributed by atoms with van der Waals surface area (Å²) in [6.45, 7) is 3.22.